The van der Waals surface area contributed by atoms with Crippen molar-refractivity contribution in [2.45, 2.75) is 36.2 Å². The van der Waals surface area contributed by atoms with Crippen molar-refractivity contribution in [2.24, 2.45) is 4.99 Å². The van der Waals surface area contributed by atoms with Crippen molar-refractivity contribution < 1.29 is 18.7 Å². The highest BCUT2D eigenvalue weighted by atomic mass is 35.5. The normalized spacial score (nSPS) is 15.1. The Kier molecular flexibility index (Phi) is 8.52. The lowest BCUT2D eigenvalue weighted by molar-refractivity contribution is -0.139. The first-order chi connectivity index (χ1) is 20.8. The van der Waals surface area contributed by atoms with Gasteiger partial charge >= 0.3 is 5.97 Å². The summed E-state index contributed by atoms with van der Waals surface area (Å²) in [4.78, 5) is 36.7. The van der Waals surface area contributed by atoms with Gasteiger partial charge < -0.3 is 13.9 Å². The third kappa shape index (κ3) is 5.80. The third-order valence-electron chi connectivity index (χ3n) is 6.51. The molecule has 1 atom stereocenters. The number of allylic oxidation sites excluding steroid dienone is 1. The standard InChI is InChI=1S/C30H23Cl2N3O5S3/c1-4-38-16-9-11-20-21(13-16)42-30(34-20)43-23-12-10-17(40-23)14-22-27(36)35-26(18-7-6-8-19(31)25(18)32)24(28(37)39-5-2)15(3)33-29(35)41-22/h6-14,26H,4-5H2,1-3H3/b22-14-/t26-/m0/s1. The Morgan fingerprint density at radius 1 is 1.14 bits per heavy atom. The van der Waals surface area contributed by atoms with Crippen LogP contribution in [0.3, 0.4) is 0 Å². The van der Waals surface area contributed by atoms with Crippen LogP contribution in [0.1, 0.15) is 38.1 Å². The van der Waals surface area contributed by atoms with E-state index >= 15 is 0 Å². The van der Waals surface area contributed by atoms with E-state index in [4.69, 9.17) is 37.1 Å². The first-order valence-electron chi connectivity index (χ1n) is 13.2. The Hall–Kier alpha value is -3.35. The number of carbonyl (C=O) groups is 1. The molecule has 43 heavy (non-hydrogen) atoms. The maximum atomic E-state index is 13.9. The van der Waals surface area contributed by atoms with Gasteiger partial charge in [0.25, 0.3) is 5.56 Å². The van der Waals surface area contributed by atoms with E-state index in [0.29, 0.717) is 43.1 Å². The summed E-state index contributed by atoms with van der Waals surface area (Å²) >= 11 is 17.1. The maximum absolute atomic E-state index is 13.9. The number of thiazole rings is 2. The molecule has 1 aliphatic heterocycles. The average molecular weight is 673 g/mol. The first kappa shape index (κ1) is 29.7. The van der Waals surface area contributed by atoms with Crippen LogP contribution in [-0.4, -0.2) is 28.7 Å². The summed E-state index contributed by atoms with van der Waals surface area (Å²) in [6.45, 7) is 6.14. The minimum Gasteiger partial charge on any atom is -0.494 e. The van der Waals surface area contributed by atoms with Crippen molar-refractivity contribution in [3.8, 4) is 5.75 Å². The molecule has 0 saturated heterocycles. The molecule has 13 heteroatoms. The van der Waals surface area contributed by atoms with E-state index in [2.05, 4.69) is 9.98 Å². The lowest BCUT2D eigenvalue weighted by Crippen LogP contribution is -2.40. The Labute approximate surface area is 267 Å². The van der Waals surface area contributed by atoms with Crippen molar-refractivity contribution in [3.63, 3.8) is 0 Å². The Morgan fingerprint density at radius 2 is 1.98 bits per heavy atom. The summed E-state index contributed by atoms with van der Waals surface area (Å²) < 4.78 is 20.7. The van der Waals surface area contributed by atoms with Gasteiger partial charge in [0.05, 0.1) is 49.3 Å². The van der Waals surface area contributed by atoms with Crippen LogP contribution in [0.2, 0.25) is 10.0 Å². The molecule has 0 fully saturated rings. The van der Waals surface area contributed by atoms with Gasteiger partial charge in [0.2, 0.25) is 0 Å². The van der Waals surface area contributed by atoms with E-state index < -0.39 is 12.0 Å². The van der Waals surface area contributed by atoms with Gasteiger partial charge in [-0.25, -0.2) is 14.8 Å². The SMILES string of the molecule is CCOC(=O)C1=C(C)N=c2s/c(=C\c3ccc(Sc4nc5ccc(OCC)cc5s4)o3)c(=O)n2[C@H]1c1cccc(Cl)c1Cl. The van der Waals surface area contributed by atoms with Gasteiger partial charge in [-0.3, -0.25) is 9.36 Å². The highest BCUT2D eigenvalue weighted by molar-refractivity contribution is 8.01. The molecule has 220 valence electrons. The number of hydrogen-bond acceptors (Lipinski definition) is 10. The number of esters is 1. The predicted molar refractivity (Wildman–Crippen MR) is 170 cm³/mol. The number of carbonyl (C=O) groups excluding carboxylic acids is 1. The van der Waals surface area contributed by atoms with E-state index in [0.717, 1.165) is 20.3 Å². The van der Waals surface area contributed by atoms with E-state index in [9.17, 15) is 9.59 Å². The highest BCUT2D eigenvalue weighted by Gasteiger charge is 2.35. The molecule has 0 saturated carbocycles. The zero-order chi connectivity index (χ0) is 30.2. The second-order valence-corrected chi connectivity index (χ2v) is 13.3. The fraction of sp³-hybridized carbons (Fsp3) is 0.200. The lowest BCUT2D eigenvalue weighted by atomic mass is 9.96. The summed E-state index contributed by atoms with van der Waals surface area (Å²) in [5.74, 6) is 0.725. The molecule has 0 bridgehead atoms. The summed E-state index contributed by atoms with van der Waals surface area (Å²) in [7, 11) is 0. The number of ether oxygens (including phenoxy) is 2. The Balaban J connectivity index is 1.37. The smallest absolute Gasteiger partial charge is 0.338 e. The Morgan fingerprint density at radius 3 is 2.77 bits per heavy atom. The van der Waals surface area contributed by atoms with E-state index in [1.807, 2.05) is 31.2 Å². The van der Waals surface area contributed by atoms with Gasteiger partial charge in [0, 0.05) is 11.6 Å². The van der Waals surface area contributed by atoms with Crippen LogP contribution in [0.15, 0.2) is 83.4 Å². The molecule has 6 rings (SSSR count). The van der Waals surface area contributed by atoms with Gasteiger partial charge in [-0.2, -0.15) is 0 Å². The predicted octanol–water partition coefficient (Wildman–Crippen LogP) is 6.86. The summed E-state index contributed by atoms with van der Waals surface area (Å²) in [5, 5.41) is 1.19. The third-order valence-corrected chi connectivity index (χ3v) is 10.3. The van der Waals surface area contributed by atoms with Crippen molar-refractivity contribution in [2.75, 3.05) is 13.2 Å². The van der Waals surface area contributed by atoms with Crippen LogP contribution in [0, 0.1) is 0 Å². The number of hydrogen-bond donors (Lipinski definition) is 0. The molecule has 8 nitrogen and oxygen atoms in total. The quantitative estimate of drug-likeness (QED) is 0.166. The van der Waals surface area contributed by atoms with Crippen LogP contribution in [0.4, 0.5) is 0 Å². The second kappa shape index (κ2) is 12.3. The first-order valence-corrected chi connectivity index (χ1v) is 16.4. The van der Waals surface area contributed by atoms with Crippen molar-refractivity contribution in [1.29, 1.82) is 0 Å². The molecule has 0 spiro atoms. The number of furan rings is 1. The monoisotopic (exact) mass is 671 g/mol. The van der Waals surface area contributed by atoms with Gasteiger partial charge in [-0.1, -0.05) is 46.7 Å². The molecule has 0 unspecified atom stereocenters. The maximum Gasteiger partial charge on any atom is 0.338 e. The van der Waals surface area contributed by atoms with Crippen LogP contribution in [-0.2, 0) is 9.53 Å². The molecular weight excluding hydrogens is 649 g/mol. The molecular formula is C30H23Cl2N3O5S3. The Bertz CT molecular complexity index is 2090. The highest BCUT2D eigenvalue weighted by Crippen LogP contribution is 2.38. The fourth-order valence-electron chi connectivity index (χ4n) is 4.68. The molecule has 5 aromatic rings. The zero-order valence-electron chi connectivity index (χ0n) is 23.1. The fourth-order valence-corrected chi connectivity index (χ4v) is 8.12. The van der Waals surface area contributed by atoms with Crippen LogP contribution < -0.4 is 19.6 Å². The second-order valence-electron chi connectivity index (χ2n) is 9.25. The van der Waals surface area contributed by atoms with Gasteiger partial charge in [-0.15, -0.1) is 11.3 Å². The number of fused-ring (bicyclic) bond motifs is 2. The van der Waals surface area contributed by atoms with E-state index in [1.54, 1.807) is 55.5 Å². The number of benzene rings is 2. The van der Waals surface area contributed by atoms with Crippen LogP contribution in [0.5, 0.6) is 5.75 Å². The minimum atomic E-state index is -0.867. The van der Waals surface area contributed by atoms with Gasteiger partial charge in [0.1, 0.15) is 17.6 Å². The largest absolute Gasteiger partial charge is 0.494 e. The van der Waals surface area contributed by atoms with Crippen molar-refractivity contribution in [1.82, 2.24) is 9.55 Å². The minimum absolute atomic E-state index is 0.167. The van der Waals surface area contributed by atoms with Gasteiger partial charge in [0.15, 0.2) is 14.2 Å². The van der Waals surface area contributed by atoms with Crippen molar-refractivity contribution in [3.05, 3.63) is 101 Å². The summed E-state index contributed by atoms with van der Waals surface area (Å²) in [6.07, 6.45) is 1.67. The van der Waals surface area contributed by atoms with Crippen LogP contribution >= 0.6 is 57.6 Å². The molecule has 3 aromatic heterocycles. The molecule has 0 aliphatic carbocycles. The van der Waals surface area contributed by atoms with Crippen molar-refractivity contribution >= 4 is 79.9 Å². The molecule has 0 N–H and O–H groups in total. The number of nitrogens with zero attached hydrogens (tertiary/aromatic N) is 3. The summed E-state index contributed by atoms with van der Waals surface area (Å²) in [6, 6.07) is 13.7. The summed E-state index contributed by atoms with van der Waals surface area (Å²) in [5.41, 5.74) is 1.70. The van der Waals surface area contributed by atoms with Gasteiger partial charge in [-0.05, 0) is 68.9 Å². The molecule has 0 amide bonds. The lowest BCUT2D eigenvalue weighted by Gasteiger charge is -2.25. The molecule has 4 heterocycles. The topological polar surface area (TPSA) is 95.9 Å². The number of halogens is 2. The zero-order valence-corrected chi connectivity index (χ0v) is 27.0. The molecule has 0 radical (unpaired) electrons. The molecule has 2 aromatic carbocycles. The van der Waals surface area contributed by atoms with E-state index in [1.165, 1.54) is 27.7 Å². The average Bonchev–Trinajstić information content (AvgIpc) is 3.67. The van der Waals surface area contributed by atoms with Crippen LogP contribution in [0.25, 0.3) is 16.3 Å². The van der Waals surface area contributed by atoms with E-state index in [-0.39, 0.29) is 22.8 Å². The number of rotatable bonds is 8. The molecule has 1 aliphatic rings. The number of aromatic nitrogens is 2.